The van der Waals surface area contributed by atoms with Crippen LogP contribution in [-0.4, -0.2) is 83.1 Å². The highest BCUT2D eigenvalue weighted by Gasteiger charge is 2.45. The van der Waals surface area contributed by atoms with Crippen molar-refractivity contribution in [1.82, 2.24) is 26.2 Å². The van der Waals surface area contributed by atoms with E-state index in [0.29, 0.717) is 24.3 Å². The number of rotatable bonds is 19. The second-order valence-corrected chi connectivity index (χ2v) is 15.7. The molecule has 1 aliphatic heterocycles. The van der Waals surface area contributed by atoms with Crippen LogP contribution in [0.1, 0.15) is 85.8 Å². The van der Waals surface area contributed by atoms with Gasteiger partial charge in [0.15, 0.2) is 0 Å². The van der Waals surface area contributed by atoms with Gasteiger partial charge in [0.2, 0.25) is 17.6 Å². The largest absolute Gasteiger partial charge is 0.459 e. The number of amides is 5. The van der Waals surface area contributed by atoms with Gasteiger partial charge in [-0.15, -0.1) is 0 Å². The summed E-state index contributed by atoms with van der Waals surface area (Å²) in [6.07, 6.45) is 0.0950. The molecule has 4 N–H and O–H groups in total. The van der Waals surface area contributed by atoms with Crippen molar-refractivity contribution in [2.75, 3.05) is 6.54 Å². The number of alkyl carbamates (subject to hydrolysis) is 1. The third-order valence-electron chi connectivity index (χ3n) is 9.46. The second kappa shape index (κ2) is 21.8. The number of hydrogen-bond acceptors (Lipinski definition) is 10. The maximum atomic E-state index is 14.7. The van der Waals surface area contributed by atoms with E-state index in [2.05, 4.69) is 21.3 Å². The molecule has 14 heteroatoms. The first-order valence-electron chi connectivity index (χ1n) is 19.4. The fraction of sp³-hybridized carbons (Fsp3) is 0.548. The van der Waals surface area contributed by atoms with E-state index in [1.54, 1.807) is 104 Å². The van der Waals surface area contributed by atoms with Crippen LogP contribution in [0.4, 0.5) is 4.79 Å². The van der Waals surface area contributed by atoms with Crippen LogP contribution in [0.2, 0.25) is 0 Å². The zero-order chi connectivity index (χ0) is 41.5. The molecule has 1 unspecified atom stereocenters. The van der Waals surface area contributed by atoms with E-state index in [1.165, 1.54) is 0 Å². The number of ether oxygens (including phenoxy) is 2. The highest BCUT2D eigenvalue weighted by atomic mass is 16.5. The molecule has 306 valence electrons. The number of carbonyl (C=O) groups is 7. The summed E-state index contributed by atoms with van der Waals surface area (Å²) in [4.78, 5) is 97.7. The van der Waals surface area contributed by atoms with Crippen LogP contribution in [-0.2, 0) is 51.5 Å². The molecule has 1 heterocycles. The molecule has 0 aliphatic carbocycles. The fourth-order valence-corrected chi connectivity index (χ4v) is 6.25. The van der Waals surface area contributed by atoms with Gasteiger partial charge in [-0.05, 0) is 60.6 Å². The Kier molecular flexibility index (Phi) is 17.7. The van der Waals surface area contributed by atoms with Crippen LogP contribution in [0.25, 0.3) is 0 Å². The zero-order valence-electron chi connectivity index (χ0n) is 33.8. The van der Waals surface area contributed by atoms with E-state index in [-0.39, 0.29) is 25.6 Å². The summed E-state index contributed by atoms with van der Waals surface area (Å²) in [5.41, 5.74) is 1.49. The molecule has 0 aromatic heterocycles. The highest BCUT2D eigenvalue weighted by Crippen LogP contribution is 2.21. The minimum Gasteiger partial charge on any atom is -0.459 e. The molecule has 5 amide bonds. The lowest BCUT2D eigenvalue weighted by Crippen LogP contribution is -2.64. The average Bonchev–Trinajstić information content (AvgIpc) is 3.71. The number of benzene rings is 2. The third kappa shape index (κ3) is 13.3. The van der Waals surface area contributed by atoms with Crippen molar-refractivity contribution in [1.29, 1.82) is 0 Å². The maximum absolute atomic E-state index is 14.7. The molecular formula is C42H59N5O9. The molecule has 1 saturated heterocycles. The van der Waals surface area contributed by atoms with E-state index >= 15 is 0 Å². The van der Waals surface area contributed by atoms with Gasteiger partial charge in [0.1, 0.15) is 37.4 Å². The Morgan fingerprint density at radius 3 is 1.68 bits per heavy atom. The molecule has 5 atom stereocenters. The minimum atomic E-state index is -1.53. The second-order valence-electron chi connectivity index (χ2n) is 15.7. The van der Waals surface area contributed by atoms with Gasteiger partial charge in [0.05, 0.1) is 6.04 Å². The molecule has 2 aromatic carbocycles. The van der Waals surface area contributed by atoms with Gasteiger partial charge in [-0.3, -0.25) is 28.9 Å². The lowest BCUT2D eigenvalue weighted by molar-refractivity contribution is -0.160. The standard InChI is InChI=1S/C42H59N5O9/c1-25(2)22-32(37(49)45-35(28(7)8)41(53)55-23-29-16-11-9-12-17-29)47(40(52)36(48)31-20-15-21-43-31)39(51)34(27(5)6)44-38(50)33(26(3)4)46-42(54)56-24-30-18-13-10-14-19-30/h9-14,16-19,25-28,31-35,43H,15,20-24H2,1-8H3,(H,44,50)(H,45,49)(H,46,54)/t31?,32-,33+,34+,35+/m1/s1. The van der Waals surface area contributed by atoms with Crippen molar-refractivity contribution in [2.24, 2.45) is 23.7 Å². The summed E-state index contributed by atoms with van der Waals surface area (Å²) in [5.74, 6) is -7.16. The first kappa shape index (κ1) is 45.3. The van der Waals surface area contributed by atoms with Gasteiger partial charge in [-0.25, -0.2) is 9.59 Å². The van der Waals surface area contributed by atoms with Gasteiger partial charge in [-0.2, -0.15) is 0 Å². The summed E-state index contributed by atoms with van der Waals surface area (Å²) >= 11 is 0. The Labute approximate surface area is 330 Å². The molecular weight excluding hydrogens is 718 g/mol. The zero-order valence-corrected chi connectivity index (χ0v) is 33.8. The van der Waals surface area contributed by atoms with Gasteiger partial charge in [-0.1, -0.05) is 116 Å². The number of esters is 1. The topological polar surface area (TPSA) is 189 Å². The first-order valence-corrected chi connectivity index (χ1v) is 19.4. The fourth-order valence-electron chi connectivity index (χ4n) is 6.25. The van der Waals surface area contributed by atoms with Crippen molar-refractivity contribution < 1.29 is 43.0 Å². The van der Waals surface area contributed by atoms with Gasteiger partial charge in [0, 0.05) is 0 Å². The summed E-state index contributed by atoms with van der Waals surface area (Å²) in [6.45, 7) is 14.1. The predicted octanol–water partition coefficient (Wildman–Crippen LogP) is 4.05. The van der Waals surface area contributed by atoms with Crippen LogP contribution in [0.15, 0.2) is 60.7 Å². The van der Waals surface area contributed by atoms with Crippen LogP contribution >= 0.6 is 0 Å². The molecule has 3 rings (SSSR count). The molecule has 2 aromatic rings. The number of ketones is 1. The number of carbonyl (C=O) groups excluding carboxylic acids is 7. The first-order chi connectivity index (χ1) is 26.5. The predicted molar refractivity (Wildman–Crippen MR) is 209 cm³/mol. The van der Waals surface area contributed by atoms with Crippen LogP contribution < -0.4 is 21.3 Å². The number of nitrogens with one attached hydrogen (secondary N) is 4. The van der Waals surface area contributed by atoms with Crippen molar-refractivity contribution in [2.45, 2.75) is 118 Å². The number of Topliss-reactive ketones (excluding diaryl/α,β-unsaturated/α-hetero) is 1. The molecule has 0 spiro atoms. The van der Waals surface area contributed by atoms with Crippen molar-refractivity contribution in [3.63, 3.8) is 0 Å². The van der Waals surface area contributed by atoms with Crippen molar-refractivity contribution in [3.8, 4) is 0 Å². The highest BCUT2D eigenvalue weighted by molar-refractivity contribution is 6.41. The molecule has 0 bridgehead atoms. The molecule has 1 aliphatic rings. The summed E-state index contributed by atoms with van der Waals surface area (Å²) in [5, 5.41) is 11.0. The Bertz CT molecular complexity index is 1640. The Morgan fingerprint density at radius 2 is 1.20 bits per heavy atom. The van der Waals surface area contributed by atoms with Crippen LogP contribution in [0.5, 0.6) is 0 Å². The molecule has 14 nitrogen and oxygen atoms in total. The van der Waals surface area contributed by atoms with Gasteiger partial charge in [0.25, 0.3) is 11.8 Å². The normalized spacial score (nSPS) is 16.1. The van der Waals surface area contributed by atoms with E-state index in [4.69, 9.17) is 9.47 Å². The monoisotopic (exact) mass is 777 g/mol. The van der Waals surface area contributed by atoms with Crippen molar-refractivity contribution >= 4 is 41.5 Å². The number of imide groups is 1. The smallest absolute Gasteiger partial charge is 0.408 e. The van der Waals surface area contributed by atoms with Crippen LogP contribution in [0, 0.1) is 23.7 Å². The van der Waals surface area contributed by atoms with Crippen LogP contribution in [0.3, 0.4) is 0 Å². The minimum absolute atomic E-state index is 0.0329. The summed E-state index contributed by atoms with van der Waals surface area (Å²) < 4.78 is 10.9. The third-order valence-corrected chi connectivity index (χ3v) is 9.46. The van der Waals surface area contributed by atoms with E-state index in [9.17, 15) is 33.6 Å². The lowest BCUT2D eigenvalue weighted by Gasteiger charge is -2.36. The van der Waals surface area contributed by atoms with E-state index < -0.39 is 89.4 Å². The quantitative estimate of drug-likeness (QED) is 0.120. The lowest BCUT2D eigenvalue weighted by atomic mass is 9.95. The Morgan fingerprint density at radius 1 is 0.679 bits per heavy atom. The molecule has 0 radical (unpaired) electrons. The summed E-state index contributed by atoms with van der Waals surface area (Å²) in [6, 6.07) is 11.9. The van der Waals surface area contributed by atoms with Gasteiger partial charge >= 0.3 is 12.1 Å². The molecule has 1 fully saturated rings. The molecule has 56 heavy (non-hydrogen) atoms. The van der Waals surface area contributed by atoms with Gasteiger partial charge < -0.3 is 30.7 Å². The molecule has 0 saturated carbocycles. The maximum Gasteiger partial charge on any atom is 0.408 e. The van der Waals surface area contributed by atoms with Crippen molar-refractivity contribution in [3.05, 3.63) is 71.8 Å². The Hall–Kier alpha value is -5.11. The van der Waals surface area contributed by atoms with E-state index in [0.717, 1.165) is 11.1 Å². The Balaban J connectivity index is 1.93. The SMILES string of the molecule is CC(C)C[C@H](C(=O)N[C@H](C(=O)OCc1ccccc1)C(C)C)N(C(=O)C(=O)C1CCCN1)C(=O)[C@@H](NC(=O)[C@@H](NC(=O)OCc1ccccc1)C(C)C)C(C)C. The average molecular weight is 778 g/mol. The van der Waals surface area contributed by atoms with E-state index in [1.807, 2.05) is 12.1 Å². The summed E-state index contributed by atoms with van der Waals surface area (Å²) in [7, 11) is 0. The number of hydrogen-bond donors (Lipinski definition) is 4. The number of nitrogens with zero attached hydrogens (tertiary/aromatic N) is 1.